The number of rotatable bonds is 7. The maximum absolute atomic E-state index is 12.3. The van der Waals surface area contributed by atoms with Crippen LogP contribution >= 0.6 is 11.8 Å². The molecule has 7 nitrogen and oxygen atoms in total. The molecule has 0 bridgehead atoms. The largest absolute Gasteiger partial charge is 0.457 e. The average Bonchev–Trinajstić information content (AvgIpc) is 2.68. The molecule has 0 unspecified atom stereocenters. The molecule has 1 heterocycles. The van der Waals surface area contributed by atoms with Crippen molar-refractivity contribution in [3.63, 3.8) is 0 Å². The molecule has 3 aromatic rings. The Balaban J connectivity index is 1.60. The number of anilines is 3. The third kappa shape index (κ3) is 5.68. The van der Waals surface area contributed by atoms with Gasteiger partial charge < -0.3 is 15.8 Å². The quantitative estimate of drug-likeness (QED) is 0.461. The lowest BCUT2D eigenvalue weighted by atomic mass is 10.2. The molecular weight excluding hydrogens is 374 g/mol. The molecule has 0 saturated carbocycles. The summed E-state index contributed by atoms with van der Waals surface area (Å²) in [6, 6.07) is 17.5. The Morgan fingerprint density at radius 1 is 1.11 bits per heavy atom. The molecule has 0 spiro atoms. The first-order valence-corrected chi connectivity index (χ1v) is 9.60. The van der Waals surface area contributed by atoms with Crippen LogP contribution in [-0.4, -0.2) is 26.2 Å². The number of nitrogens with one attached hydrogen (secondary N) is 1. The molecule has 0 fully saturated rings. The molecule has 0 aliphatic heterocycles. The number of aryl methyl sites for hydroxylation is 1. The van der Waals surface area contributed by atoms with Crippen molar-refractivity contribution in [3.05, 3.63) is 66.0 Å². The van der Waals surface area contributed by atoms with Gasteiger partial charge in [0, 0.05) is 10.6 Å². The average molecular weight is 395 g/mol. The van der Waals surface area contributed by atoms with Crippen molar-refractivity contribution in [2.75, 3.05) is 11.1 Å². The zero-order valence-corrected chi connectivity index (χ0v) is 16.4. The maximum Gasteiger partial charge on any atom is 0.319 e. The van der Waals surface area contributed by atoms with E-state index in [0.717, 1.165) is 16.1 Å². The Bertz CT molecular complexity index is 935. The fraction of sp³-hybridized carbons (Fsp3) is 0.200. The first kappa shape index (κ1) is 19.6. The van der Waals surface area contributed by atoms with Crippen molar-refractivity contribution in [3.8, 4) is 0 Å². The lowest BCUT2D eigenvalue weighted by Gasteiger charge is -2.11. The van der Waals surface area contributed by atoms with E-state index in [9.17, 15) is 4.79 Å². The van der Waals surface area contributed by atoms with Gasteiger partial charge in [-0.05, 0) is 38.1 Å². The lowest BCUT2D eigenvalue weighted by molar-refractivity contribution is -0.144. The third-order valence-electron chi connectivity index (χ3n) is 3.74. The van der Waals surface area contributed by atoms with Crippen LogP contribution < -0.4 is 11.1 Å². The first-order chi connectivity index (χ1) is 13.5. The summed E-state index contributed by atoms with van der Waals surface area (Å²) in [5.74, 6) is 0.296. The molecule has 0 aliphatic rings. The molecule has 0 saturated heterocycles. The lowest BCUT2D eigenvalue weighted by Crippen LogP contribution is -2.18. The van der Waals surface area contributed by atoms with Crippen molar-refractivity contribution in [1.82, 2.24) is 15.0 Å². The molecule has 3 N–H and O–H groups in total. The SMILES string of the molecule is Cc1ccc(Nc2nc(N)nc(COC(=O)[C@@H](C)Sc3ccccc3)n2)cc1. The zero-order chi connectivity index (χ0) is 19.9. The van der Waals surface area contributed by atoms with Crippen LogP contribution in [0.4, 0.5) is 17.6 Å². The van der Waals surface area contributed by atoms with Crippen LogP contribution in [0.3, 0.4) is 0 Å². The number of nitrogens with zero attached hydrogens (tertiary/aromatic N) is 3. The summed E-state index contributed by atoms with van der Waals surface area (Å²) < 4.78 is 5.34. The van der Waals surface area contributed by atoms with E-state index in [4.69, 9.17) is 10.5 Å². The summed E-state index contributed by atoms with van der Waals surface area (Å²) in [4.78, 5) is 25.6. The molecular formula is C20H21N5O2S. The molecule has 144 valence electrons. The highest BCUT2D eigenvalue weighted by molar-refractivity contribution is 8.00. The number of hydrogen-bond acceptors (Lipinski definition) is 8. The summed E-state index contributed by atoms with van der Waals surface area (Å²) in [7, 11) is 0. The highest BCUT2D eigenvalue weighted by Crippen LogP contribution is 2.23. The number of benzene rings is 2. The highest BCUT2D eigenvalue weighted by atomic mass is 32.2. The van der Waals surface area contributed by atoms with Gasteiger partial charge in [-0.15, -0.1) is 11.8 Å². The van der Waals surface area contributed by atoms with Crippen molar-refractivity contribution in [1.29, 1.82) is 0 Å². The number of hydrogen-bond donors (Lipinski definition) is 2. The third-order valence-corrected chi connectivity index (χ3v) is 4.83. The van der Waals surface area contributed by atoms with Gasteiger partial charge >= 0.3 is 5.97 Å². The number of nitrogen functional groups attached to an aromatic ring is 1. The van der Waals surface area contributed by atoms with Crippen LogP contribution in [0.5, 0.6) is 0 Å². The Kier molecular flexibility index (Phi) is 6.44. The molecule has 0 radical (unpaired) electrons. The summed E-state index contributed by atoms with van der Waals surface area (Å²) in [6.07, 6.45) is 0. The zero-order valence-electron chi connectivity index (χ0n) is 15.6. The fourth-order valence-corrected chi connectivity index (χ4v) is 3.22. The van der Waals surface area contributed by atoms with E-state index in [2.05, 4.69) is 20.3 Å². The minimum Gasteiger partial charge on any atom is -0.457 e. The van der Waals surface area contributed by atoms with Crippen LogP contribution in [0, 0.1) is 6.92 Å². The Morgan fingerprint density at radius 2 is 1.82 bits per heavy atom. The number of carbonyl (C=O) groups is 1. The smallest absolute Gasteiger partial charge is 0.319 e. The van der Waals surface area contributed by atoms with E-state index >= 15 is 0 Å². The highest BCUT2D eigenvalue weighted by Gasteiger charge is 2.17. The minimum absolute atomic E-state index is 0.0577. The van der Waals surface area contributed by atoms with Gasteiger partial charge in [0.15, 0.2) is 12.4 Å². The second kappa shape index (κ2) is 9.18. The predicted octanol–water partition coefficient (Wildman–Crippen LogP) is 3.73. The minimum atomic E-state index is -0.355. The summed E-state index contributed by atoms with van der Waals surface area (Å²) in [5, 5.41) is 2.71. The van der Waals surface area contributed by atoms with Crippen molar-refractivity contribution < 1.29 is 9.53 Å². The van der Waals surface area contributed by atoms with Gasteiger partial charge in [0.2, 0.25) is 11.9 Å². The number of ether oxygens (including phenoxy) is 1. The molecule has 1 atom stereocenters. The van der Waals surface area contributed by atoms with Gasteiger partial charge in [0.25, 0.3) is 0 Å². The number of nitrogens with two attached hydrogens (primary N) is 1. The van der Waals surface area contributed by atoms with E-state index in [0.29, 0.717) is 5.95 Å². The monoisotopic (exact) mass is 395 g/mol. The Hall–Kier alpha value is -3.13. The molecule has 8 heteroatoms. The van der Waals surface area contributed by atoms with Gasteiger partial charge in [0.1, 0.15) is 5.25 Å². The number of carbonyl (C=O) groups excluding carboxylic acids is 1. The van der Waals surface area contributed by atoms with E-state index in [1.807, 2.05) is 61.5 Å². The number of aromatic nitrogens is 3. The van der Waals surface area contributed by atoms with Gasteiger partial charge in [-0.3, -0.25) is 4.79 Å². The Morgan fingerprint density at radius 3 is 2.54 bits per heavy atom. The first-order valence-electron chi connectivity index (χ1n) is 8.72. The second-order valence-corrected chi connectivity index (χ2v) is 7.52. The number of esters is 1. The van der Waals surface area contributed by atoms with Crippen LogP contribution in [-0.2, 0) is 16.1 Å². The molecule has 28 heavy (non-hydrogen) atoms. The van der Waals surface area contributed by atoms with Gasteiger partial charge in [0.05, 0.1) is 0 Å². The van der Waals surface area contributed by atoms with Gasteiger partial charge in [-0.2, -0.15) is 15.0 Å². The van der Waals surface area contributed by atoms with E-state index in [1.54, 1.807) is 6.92 Å². The van der Waals surface area contributed by atoms with E-state index in [-0.39, 0.29) is 29.6 Å². The van der Waals surface area contributed by atoms with Crippen LogP contribution in [0.2, 0.25) is 0 Å². The standard InChI is InChI=1S/C20H21N5O2S/c1-13-8-10-15(11-9-13)22-20-24-17(23-19(21)25-20)12-27-18(26)14(2)28-16-6-4-3-5-7-16/h3-11,14H,12H2,1-2H3,(H3,21,22,23,24,25)/t14-/m1/s1. The molecule has 3 rings (SSSR count). The predicted molar refractivity (Wildman–Crippen MR) is 110 cm³/mol. The molecule has 0 amide bonds. The summed E-state index contributed by atoms with van der Waals surface area (Å²) in [6.45, 7) is 3.73. The maximum atomic E-state index is 12.3. The van der Waals surface area contributed by atoms with Gasteiger partial charge in [-0.25, -0.2) is 0 Å². The van der Waals surface area contributed by atoms with Crippen molar-refractivity contribution >= 4 is 35.3 Å². The van der Waals surface area contributed by atoms with Crippen molar-refractivity contribution in [2.45, 2.75) is 30.6 Å². The number of thioether (sulfide) groups is 1. The van der Waals surface area contributed by atoms with Crippen LogP contribution in [0.25, 0.3) is 0 Å². The normalized spacial score (nSPS) is 11.6. The molecule has 2 aromatic carbocycles. The summed E-state index contributed by atoms with van der Waals surface area (Å²) in [5.41, 5.74) is 7.73. The van der Waals surface area contributed by atoms with Crippen LogP contribution in [0.15, 0.2) is 59.5 Å². The second-order valence-electron chi connectivity index (χ2n) is 6.11. The van der Waals surface area contributed by atoms with E-state index < -0.39 is 0 Å². The van der Waals surface area contributed by atoms with Crippen LogP contribution in [0.1, 0.15) is 18.3 Å². The van der Waals surface area contributed by atoms with Gasteiger partial charge in [-0.1, -0.05) is 35.9 Å². The van der Waals surface area contributed by atoms with E-state index in [1.165, 1.54) is 11.8 Å². The summed E-state index contributed by atoms with van der Waals surface area (Å²) >= 11 is 1.43. The molecule has 1 aromatic heterocycles. The van der Waals surface area contributed by atoms with Crippen molar-refractivity contribution in [2.24, 2.45) is 0 Å². The molecule has 0 aliphatic carbocycles. The topological polar surface area (TPSA) is 103 Å². The fourth-order valence-electron chi connectivity index (χ4n) is 2.33. The Labute approximate surface area is 167 Å².